The van der Waals surface area contributed by atoms with Gasteiger partial charge >= 0.3 is 0 Å². The molecule has 0 spiro atoms. The van der Waals surface area contributed by atoms with Gasteiger partial charge in [-0.25, -0.2) is 0 Å². The molecule has 0 aliphatic rings. The van der Waals surface area contributed by atoms with Crippen molar-refractivity contribution in [1.82, 2.24) is 0 Å². The van der Waals surface area contributed by atoms with Gasteiger partial charge in [0.25, 0.3) is 0 Å². The number of hydrogen-bond donors (Lipinski definition) is 0. The van der Waals surface area contributed by atoms with Gasteiger partial charge in [-0.05, 0) is 33.7 Å². The highest BCUT2D eigenvalue weighted by atomic mass is 16.5. The van der Waals surface area contributed by atoms with E-state index in [9.17, 15) is 0 Å². The SMILES string of the molecule is COCCOc1ccc2ccccc2c1-c1c(OCCOC)ccc2ccccc12. The van der Waals surface area contributed by atoms with Gasteiger partial charge in [0.2, 0.25) is 0 Å². The van der Waals surface area contributed by atoms with Crippen molar-refractivity contribution in [2.75, 3.05) is 40.6 Å². The summed E-state index contributed by atoms with van der Waals surface area (Å²) in [6, 6.07) is 25.0. The summed E-state index contributed by atoms with van der Waals surface area (Å²) in [5, 5.41) is 4.56. The Morgan fingerprint density at radius 3 is 1.37 bits per heavy atom. The van der Waals surface area contributed by atoms with Gasteiger partial charge in [-0.1, -0.05) is 60.7 Å². The molecular weight excluding hydrogens is 376 g/mol. The number of hydrogen-bond acceptors (Lipinski definition) is 4. The van der Waals surface area contributed by atoms with E-state index >= 15 is 0 Å². The highest BCUT2D eigenvalue weighted by Crippen LogP contribution is 2.45. The molecule has 154 valence electrons. The summed E-state index contributed by atoms with van der Waals surface area (Å²) in [6.45, 7) is 2.01. The smallest absolute Gasteiger partial charge is 0.128 e. The third-order valence-electron chi connectivity index (χ3n) is 5.12. The number of ether oxygens (including phenoxy) is 4. The molecule has 0 radical (unpaired) electrons. The summed E-state index contributed by atoms with van der Waals surface area (Å²) in [5.41, 5.74) is 2.07. The van der Waals surface area contributed by atoms with Gasteiger partial charge in [-0.2, -0.15) is 0 Å². The van der Waals surface area contributed by atoms with Gasteiger partial charge in [0.1, 0.15) is 24.7 Å². The number of fused-ring (bicyclic) bond motifs is 2. The highest BCUT2D eigenvalue weighted by molar-refractivity contribution is 6.09. The van der Waals surface area contributed by atoms with Gasteiger partial charge in [0.15, 0.2) is 0 Å². The van der Waals surface area contributed by atoms with Gasteiger partial charge in [0, 0.05) is 25.3 Å². The topological polar surface area (TPSA) is 36.9 Å². The van der Waals surface area contributed by atoms with E-state index in [0.717, 1.165) is 44.2 Å². The van der Waals surface area contributed by atoms with Crippen molar-refractivity contribution in [2.45, 2.75) is 0 Å². The summed E-state index contributed by atoms with van der Waals surface area (Å²) in [6.07, 6.45) is 0. The molecular formula is C26H26O4. The van der Waals surface area contributed by atoms with Crippen LogP contribution in [0.15, 0.2) is 72.8 Å². The van der Waals surface area contributed by atoms with Gasteiger partial charge < -0.3 is 18.9 Å². The van der Waals surface area contributed by atoms with Crippen molar-refractivity contribution in [2.24, 2.45) is 0 Å². The standard InChI is InChI=1S/C26H26O4/c1-27-15-17-29-23-13-11-19-7-3-5-9-21(19)25(23)26-22-10-6-4-8-20(22)12-14-24(26)30-18-16-28-2/h3-14H,15-18H2,1-2H3. The lowest BCUT2D eigenvalue weighted by atomic mass is 9.92. The van der Waals surface area contributed by atoms with Crippen LogP contribution < -0.4 is 9.47 Å². The van der Waals surface area contributed by atoms with Crippen molar-refractivity contribution < 1.29 is 18.9 Å². The highest BCUT2D eigenvalue weighted by Gasteiger charge is 2.19. The number of methoxy groups -OCH3 is 2. The molecule has 0 saturated heterocycles. The van der Waals surface area contributed by atoms with E-state index in [1.807, 2.05) is 12.1 Å². The van der Waals surface area contributed by atoms with E-state index in [4.69, 9.17) is 18.9 Å². The fraction of sp³-hybridized carbons (Fsp3) is 0.231. The van der Waals surface area contributed by atoms with Crippen LogP contribution in [0.4, 0.5) is 0 Å². The fourth-order valence-corrected chi connectivity index (χ4v) is 3.73. The molecule has 0 saturated carbocycles. The lowest BCUT2D eigenvalue weighted by Crippen LogP contribution is -2.07. The van der Waals surface area contributed by atoms with E-state index in [1.165, 1.54) is 0 Å². The molecule has 30 heavy (non-hydrogen) atoms. The molecule has 0 unspecified atom stereocenters. The maximum atomic E-state index is 6.16. The normalized spacial score (nSPS) is 11.1. The second-order valence-electron chi connectivity index (χ2n) is 7.00. The van der Waals surface area contributed by atoms with Crippen molar-refractivity contribution in [3.63, 3.8) is 0 Å². The molecule has 4 aromatic rings. The molecule has 0 N–H and O–H groups in total. The Balaban J connectivity index is 1.97. The zero-order valence-electron chi connectivity index (χ0n) is 17.4. The lowest BCUT2D eigenvalue weighted by molar-refractivity contribution is 0.146. The van der Waals surface area contributed by atoms with E-state index in [0.29, 0.717) is 26.4 Å². The Morgan fingerprint density at radius 2 is 0.933 bits per heavy atom. The predicted molar refractivity (Wildman–Crippen MR) is 122 cm³/mol. The third kappa shape index (κ3) is 4.11. The van der Waals surface area contributed by atoms with Crippen LogP contribution in [-0.4, -0.2) is 40.6 Å². The molecule has 0 aromatic heterocycles. The van der Waals surface area contributed by atoms with Crippen LogP contribution in [0.3, 0.4) is 0 Å². The minimum absolute atomic E-state index is 0.479. The molecule has 0 heterocycles. The molecule has 0 aliphatic heterocycles. The first-order valence-corrected chi connectivity index (χ1v) is 10.1. The quantitative estimate of drug-likeness (QED) is 0.336. The Morgan fingerprint density at radius 1 is 0.500 bits per heavy atom. The van der Waals surface area contributed by atoms with Crippen molar-refractivity contribution in [1.29, 1.82) is 0 Å². The summed E-state index contributed by atoms with van der Waals surface area (Å²) in [7, 11) is 3.36. The molecule has 4 heteroatoms. The molecule has 4 nitrogen and oxygen atoms in total. The first-order valence-electron chi connectivity index (χ1n) is 10.1. The minimum atomic E-state index is 0.479. The lowest BCUT2D eigenvalue weighted by Gasteiger charge is -2.19. The fourth-order valence-electron chi connectivity index (χ4n) is 3.73. The molecule has 4 aromatic carbocycles. The van der Waals surface area contributed by atoms with E-state index in [2.05, 4.69) is 60.7 Å². The second-order valence-corrected chi connectivity index (χ2v) is 7.00. The second kappa shape index (κ2) is 9.61. The summed E-state index contributed by atoms with van der Waals surface area (Å²) >= 11 is 0. The maximum absolute atomic E-state index is 6.16. The first kappa shape index (κ1) is 20.2. The van der Waals surface area contributed by atoms with Gasteiger partial charge in [0.05, 0.1) is 13.2 Å². The molecule has 0 bridgehead atoms. The summed E-state index contributed by atoms with van der Waals surface area (Å²) in [5.74, 6) is 1.64. The Bertz CT molecular complexity index is 1050. The first-order chi connectivity index (χ1) is 14.8. The van der Waals surface area contributed by atoms with Crippen LogP contribution in [-0.2, 0) is 9.47 Å². The van der Waals surface area contributed by atoms with E-state index in [1.54, 1.807) is 14.2 Å². The van der Waals surface area contributed by atoms with Crippen LogP contribution in [0.25, 0.3) is 32.7 Å². The molecule has 0 atom stereocenters. The van der Waals surface area contributed by atoms with E-state index < -0.39 is 0 Å². The number of benzene rings is 4. The summed E-state index contributed by atoms with van der Waals surface area (Å²) in [4.78, 5) is 0. The van der Waals surface area contributed by atoms with Crippen LogP contribution in [0.1, 0.15) is 0 Å². The zero-order valence-corrected chi connectivity index (χ0v) is 17.4. The minimum Gasteiger partial charge on any atom is -0.491 e. The largest absolute Gasteiger partial charge is 0.491 e. The molecule has 4 rings (SSSR count). The number of rotatable bonds is 9. The average Bonchev–Trinajstić information content (AvgIpc) is 2.79. The Labute approximate surface area is 176 Å². The maximum Gasteiger partial charge on any atom is 0.128 e. The third-order valence-corrected chi connectivity index (χ3v) is 5.12. The summed E-state index contributed by atoms with van der Waals surface area (Å²) < 4.78 is 22.7. The molecule has 0 aliphatic carbocycles. The van der Waals surface area contributed by atoms with Gasteiger partial charge in [-0.15, -0.1) is 0 Å². The molecule has 0 amide bonds. The Kier molecular flexibility index (Phi) is 6.47. The van der Waals surface area contributed by atoms with Crippen LogP contribution in [0.2, 0.25) is 0 Å². The zero-order chi connectivity index (χ0) is 20.8. The van der Waals surface area contributed by atoms with Gasteiger partial charge in [-0.3, -0.25) is 0 Å². The van der Waals surface area contributed by atoms with Crippen LogP contribution in [0.5, 0.6) is 11.5 Å². The van der Waals surface area contributed by atoms with Crippen molar-refractivity contribution in [3.05, 3.63) is 72.8 Å². The predicted octanol–water partition coefficient (Wildman–Crippen LogP) is 5.71. The van der Waals surface area contributed by atoms with Crippen LogP contribution >= 0.6 is 0 Å². The average molecular weight is 402 g/mol. The monoisotopic (exact) mass is 402 g/mol. The van der Waals surface area contributed by atoms with Crippen molar-refractivity contribution >= 4 is 21.5 Å². The van der Waals surface area contributed by atoms with Crippen LogP contribution in [0, 0.1) is 0 Å². The van der Waals surface area contributed by atoms with E-state index in [-0.39, 0.29) is 0 Å². The van der Waals surface area contributed by atoms with Crippen molar-refractivity contribution in [3.8, 4) is 22.6 Å². The Hall–Kier alpha value is -3.08. The molecule has 0 fully saturated rings.